The number of fused-ring (bicyclic) bond motifs is 1. The van der Waals surface area contributed by atoms with Crippen molar-refractivity contribution in [2.24, 2.45) is 11.3 Å². The van der Waals surface area contributed by atoms with E-state index in [9.17, 15) is 9.59 Å². The molecule has 4 rings (SSSR count). The van der Waals surface area contributed by atoms with E-state index in [1.165, 1.54) is 0 Å². The molecule has 1 heterocycles. The number of amides is 2. The maximum atomic E-state index is 12.9. The molecule has 0 bridgehead atoms. The van der Waals surface area contributed by atoms with Gasteiger partial charge in [0, 0.05) is 17.0 Å². The SMILES string of the molecule is COc1cccc(C2CC2C(=O)Nc2ccc3c(c2)N(C(=O)C(C)(C)C)CCO3)c1. The molecule has 0 spiro atoms. The summed E-state index contributed by atoms with van der Waals surface area (Å²) in [5.41, 5.74) is 2.01. The zero-order valence-corrected chi connectivity index (χ0v) is 17.9. The van der Waals surface area contributed by atoms with Crippen LogP contribution in [0.15, 0.2) is 42.5 Å². The van der Waals surface area contributed by atoms with Crippen LogP contribution in [-0.2, 0) is 9.59 Å². The predicted molar refractivity (Wildman–Crippen MR) is 116 cm³/mol. The predicted octanol–water partition coefficient (Wildman–Crippen LogP) is 4.21. The Morgan fingerprint density at radius 1 is 1.17 bits per heavy atom. The Morgan fingerprint density at radius 3 is 2.70 bits per heavy atom. The van der Waals surface area contributed by atoms with Crippen molar-refractivity contribution in [3.8, 4) is 11.5 Å². The number of benzene rings is 2. The largest absolute Gasteiger partial charge is 0.497 e. The van der Waals surface area contributed by atoms with Crippen molar-refractivity contribution in [3.63, 3.8) is 0 Å². The first-order valence-corrected chi connectivity index (χ1v) is 10.3. The first-order valence-electron chi connectivity index (χ1n) is 10.3. The molecule has 0 saturated heterocycles. The van der Waals surface area contributed by atoms with E-state index in [0.29, 0.717) is 30.3 Å². The number of nitrogens with one attached hydrogen (secondary N) is 1. The van der Waals surface area contributed by atoms with E-state index >= 15 is 0 Å². The number of carbonyl (C=O) groups is 2. The van der Waals surface area contributed by atoms with Crippen LogP contribution in [0.3, 0.4) is 0 Å². The Kier molecular flexibility index (Phi) is 5.18. The van der Waals surface area contributed by atoms with Crippen LogP contribution in [0.1, 0.15) is 38.7 Å². The molecule has 2 amide bonds. The van der Waals surface area contributed by atoms with E-state index in [1.807, 2.05) is 63.2 Å². The quantitative estimate of drug-likeness (QED) is 0.823. The summed E-state index contributed by atoms with van der Waals surface area (Å²) in [5, 5.41) is 3.02. The standard InChI is InChI=1S/C24H28N2O4/c1-24(2,3)23(28)26-10-11-30-21-9-8-16(13-20(21)26)25-22(27)19-14-18(19)15-6-5-7-17(12-15)29-4/h5-9,12-13,18-19H,10-11,14H2,1-4H3,(H,25,27). The lowest BCUT2D eigenvalue weighted by atomic mass is 9.94. The fraction of sp³-hybridized carbons (Fsp3) is 0.417. The molecule has 6 nitrogen and oxygen atoms in total. The molecule has 1 aliphatic heterocycles. The van der Waals surface area contributed by atoms with Gasteiger partial charge in [-0.3, -0.25) is 9.59 Å². The minimum Gasteiger partial charge on any atom is -0.497 e. The molecular weight excluding hydrogens is 380 g/mol. The van der Waals surface area contributed by atoms with Crippen molar-refractivity contribution in [2.45, 2.75) is 33.1 Å². The highest BCUT2D eigenvalue weighted by atomic mass is 16.5. The van der Waals surface area contributed by atoms with Gasteiger partial charge in [-0.25, -0.2) is 0 Å². The summed E-state index contributed by atoms with van der Waals surface area (Å²) >= 11 is 0. The Labute approximate surface area is 177 Å². The third kappa shape index (κ3) is 3.99. The molecule has 1 aliphatic carbocycles. The summed E-state index contributed by atoms with van der Waals surface area (Å²) in [5.74, 6) is 1.65. The van der Waals surface area contributed by atoms with Gasteiger partial charge < -0.3 is 19.7 Å². The van der Waals surface area contributed by atoms with Crippen molar-refractivity contribution in [1.29, 1.82) is 0 Å². The van der Waals surface area contributed by atoms with Crippen LogP contribution in [-0.4, -0.2) is 32.1 Å². The lowest BCUT2D eigenvalue weighted by Crippen LogP contribution is -2.44. The van der Waals surface area contributed by atoms with Crippen LogP contribution >= 0.6 is 0 Å². The number of hydrogen-bond donors (Lipinski definition) is 1. The highest BCUT2D eigenvalue weighted by Gasteiger charge is 2.44. The molecule has 2 aromatic rings. The van der Waals surface area contributed by atoms with Gasteiger partial charge in [0.15, 0.2) is 0 Å². The first kappa shape index (κ1) is 20.3. The molecule has 2 atom stereocenters. The second-order valence-electron chi connectivity index (χ2n) is 8.95. The van der Waals surface area contributed by atoms with Gasteiger partial charge in [-0.2, -0.15) is 0 Å². The third-order valence-corrected chi connectivity index (χ3v) is 5.63. The van der Waals surface area contributed by atoms with Gasteiger partial charge in [-0.15, -0.1) is 0 Å². The molecule has 30 heavy (non-hydrogen) atoms. The summed E-state index contributed by atoms with van der Waals surface area (Å²) in [7, 11) is 1.64. The molecule has 0 radical (unpaired) electrons. The van der Waals surface area contributed by atoms with E-state index in [-0.39, 0.29) is 23.7 Å². The third-order valence-electron chi connectivity index (χ3n) is 5.63. The van der Waals surface area contributed by atoms with Gasteiger partial charge in [-0.1, -0.05) is 32.9 Å². The molecule has 2 aromatic carbocycles. The van der Waals surface area contributed by atoms with Gasteiger partial charge in [0.1, 0.15) is 18.1 Å². The number of carbonyl (C=O) groups excluding carboxylic acids is 2. The topological polar surface area (TPSA) is 67.9 Å². The number of rotatable bonds is 4. The number of methoxy groups -OCH3 is 1. The Bertz CT molecular complexity index is 979. The number of anilines is 2. The maximum absolute atomic E-state index is 12.9. The molecule has 158 valence electrons. The van der Waals surface area contributed by atoms with Crippen LogP contribution in [0.5, 0.6) is 11.5 Å². The zero-order chi connectivity index (χ0) is 21.5. The normalized spacial score (nSPS) is 20.1. The summed E-state index contributed by atoms with van der Waals surface area (Å²) in [6.07, 6.45) is 0.821. The van der Waals surface area contributed by atoms with Gasteiger partial charge in [0.05, 0.1) is 19.3 Å². The van der Waals surface area contributed by atoms with E-state index < -0.39 is 5.41 Å². The maximum Gasteiger partial charge on any atom is 0.232 e. The van der Waals surface area contributed by atoms with Crippen LogP contribution in [0, 0.1) is 11.3 Å². The lowest BCUT2D eigenvalue weighted by Gasteiger charge is -2.34. The first-order chi connectivity index (χ1) is 14.3. The average Bonchev–Trinajstić information content (AvgIpc) is 3.53. The molecule has 1 N–H and O–H groups in total. The smallest absolute Gasteiger partial charge is 0.232 e. The summed E-state index contributed by atoms with van der Waals surface area (Å²) in [6, 6.07) is 13.4. The Morgan fingerprint density at radius 2 is 1.97 bits per heavy atom. The second kappa shape index (κ2) is 7.67. The fourth-order valence-corrected chi connectivity index (χ4v) is 3.87. The molecule has 2 aliphatic rings. The molecule has 6 heteroatoms. The van der Waals surface area contributed by atoms with Crippen molar-refractivity contribution < 1.29 is 19.1 Å². The van der Waals surface area contributed by atoms with Gasteiger partial charge in [0.2, 0.25) is 11.8 Å². The van der Waals surface area contributed by atoms with E-state index in [0.717, 1.165) is 17.7 Å². The van der Waals surface area contributed by atoms with E-state index in [1.54, 1.807) is 12.0 Å². The summed E-state index contributed by atoms with van der Waals surface area (Å²) in [6.45, 7) is 6.68. The minimum atomic E-state index is -0.494. The fourth-order valence-electron chi connectivity index (χ4n) is 3.87. The van der Waals surface area contributed by atoms with Gasteiger partial charge in [0.25, 0.3) is 0 Å². The summed E-state index contributed by atoms with van der Waals surface area (Å²) < 4.78 is 11.0. The Balaban J connectivity index is 1.48. The highest BCUT2D eigenvalue weighted by Crippen LogP contribution is 2.48. The van der Waals surface area contributed by atoms with Crippen LogP contribution in [0.25, 0.3) is 0 Å². The van der Waals surface area contributed by atoms with Crippen molar-refractivity contribution in [3.05, 3.63) is 48.0 Å². The van der Waals surface area contributed by atoms with Crippen molar-refractivity contribution in [2.75, 3.05) is 30.5 Å². The number of nitrogens with zero attached hydrogens (tertiary/aromatic N) is 1. The van der Waals surface area contributed by atoms with Crippen molar-refractivity contribution in [1.82, 2.24) is 0 Å². The lowest BCUT2D eigenvalue weighted by molar-refractivity contribution is -0.126. The number of ether oxygens (including phenoxy) is 2. The Hall–Kier alpha value is -3.02. The molecule has 2 unspecified atom stereocenters. The van der Waals surface area contributed by atoms with E-state index in [4.69, 9.17) is 9.47 Å². The van der Waals surface area contributed by atoms with Crippen LogP contribution < -0.4 is 19.7 Å². The van der Waals surface area contributed by atoms with Gasteiger partial charge >= 0.3 is 0 Å². The average molecular weight is 408 g/mol. The van der Waals surface area contributed by atoms with Gasteiger partial charge in [-0.05, 0) is 48.2 Å². The molecular formula is C24H28N2O4. The second-order valence-corrected chi connectivity index (χ2v) is 8.95. The van der Waals surface area contributed by atoms with Crippen LogP contribution in [0.4, 0.5) is 11.4 Å². The monoisotopic (exact) mass is 408 g/mol. The van der Waals surface area contributed by atoms with Crippen LogP contribution in [0.2, 0.25) is 0 Å². The highest BCUT2D eigenvalue weighted by molar-refractivity contribution is 6.00. The minimum absolute atomic E-state index is 0.00630. The zero-order valence-electron chi connectivity index (χ0n) is 17.9. The number of hydrogen-bond acceptors (Lipinski definition) is 4. The molecule has 1 saturated carbocycles. The summed E-state index contributed by atoms with van der Waals surface area (Å²) in [4.78, 5) is 27.4. The van der Waals surface area contributed by atoms with E-state index in [2.05, 4.69) is 5.32 Å². The molecule has 0 aromatic heterocycles. The molecule has 1 fully saturated rings. The van der Waals surface area contributed by atoms with Crippen molar-refractivity contribution >= 4 is 23.2 Å².